The van der Waals surface area contributed by atoms with Gasteiger partial charge in [-0.1, -0.05) is 13.5 Å². The molecule has 1 atom stereocenters. The molecule has 0 aliphatic heterocycles. The Hall–Kier alpha value is 0.120. The quantitative estimate of drug-likeness (QED) is 0.258. The van der Waals surface area contributed by atoms with Crippen molar-refractivity contribution in [3.05, 3.63) is 12.2 Å². The van der Waals surface area contributed by atoms with Crippen molar-refractivity contribution in [2.75, 3.05) is 0 Å². The van der Waals surface area contributed by atoms with E-state index in [1.807, 2.05) is 0 Å². The molecule has 0 fully saturated rings. The van der Waals surface area contributed by atoms with Crippen LogP contribution < -0.4 is 29.6 Å². The molecule has 0 aromatic heterocycles. The standard InChI is InChI=1S/C7H12O5S.Na.H/c1-4-6(13(9,10)11)12-7(8)5(2)3;;/h6H,2,4H2,1,3H3,(H,9,10,11);;/q;+1;-1. The monoisotopic (exact) mass is 232 g/mol. The molecule has 0 rings (SSSR count). The summed E-state index contributed by atoms with van der Waals surface area (Å²) in [5, 5.41) is 0. The Labute approximate surface area is 107 Å². The average Bonchev–Trinajstić information content (AvgIpc) is 1.96. The van der Waals surface area contributed by atoms with E-state index in [2.05, 4.69) is 11.3 Å². The minimum absolute atomic E-state index is 0. The van der Waals surface area contributed by atoms with Gasteiger partial charge in [-0.3, -0.25) is 4.55 Å². The Morgan fingerprint density at radius 3 is 2.29 bits per heavy atom. The van der Waals surface area contributed by atoms with E-state index in [4.69, 9.17) is 4.55 Å². The smallest absolute Gasteiger partial charge is 1.00 e. The van der Waals surface area contributed by atoms with Crippen LogP contribution in [0.2, 0.25) is 0 Å². The summed E-state index contributed by atoms with van der Waals surface area (Å²) in [6.07, 6.45) is -0.00213. The van der Waals surface area contributed by atoms with Crippen LogP contribution in [0.15, 0.2) is 12.2 Å². The van der Waals surface area contributed by atoms with Crippen molar-refractivity contribution < 1.29 is 53.5 Å². The fourth-order valence-corrected chi connectivity index (χ4v) is 1.20. The third kappa shape index (κ3) is 5.77. The zero-order chi connectivity index (χ0) is 10.6. The zero-order valence-corrected chi connectivity index (χ0v) is 11.3. The first-order valence-electron chi connectivity index (χ1n) is 3.61. The molecule has 0 bridgehead atoms. The van der Waals surface area contributed by atoms with Gasteiger partial charge in [-0.15, -0.1) is 0 Å². The third-order valence-corrected chi connectivity index (χ3v) is 2.35. The molecule has 0 saturated heterocycles. The number of carbonyl (C=O) groups excluding carboxylic acids is 1. The third-order valence-electron chi connectivity index (χ3n) is 1.25. The maximum atomic E-state index is 10.9. The molecule has 78 valence electrons. The van der Waals surface area contributed by atoms with Crippen LogP contribution in [-0.4, -0.2) is 24.4 Å². The van der Waals surface area contributed by atoms with Crippen LogP contribution in [0.3, 0.4) is 0 Å². The second-order valence-corrected chi connectivity index (χ2v) is 4.09. The number of rotatable bonds is 4. The van der Waals surface area contributed by atoms with E-state index in [9.17, 15) is 13.2 Å². The van der Waals surface area contributed by atoms with Gasteiger partial charge in [0.2, 0.25) is 5.44 Å². The van der Waals surface area contributed by atoms with E-state index >= 15 is 0 Å². The predicted octanol–water partition coefficient (Wildman–Crippen LogP) is -2.15. The van der Waals surface area contributed by atoms with Crippen LogP contribution in [0, 0.1) is 0 Å². The predicted molar refractivity (Wildman–Crippen MR) is 47.6 cm³/mol. The SMILES string of the molecule is C=C(C)C(=O)OC(CC)S(=O)(=O)O.[H-].[Na+]. The van der Waals surface area contributed by atoms with Gasteiger partial charge in [0.05, 0.1) is 0 Å². The van der Waals surface area contributed by atoms with Gasteiger partial charge in [0, 0.05) is 5.57 Å². The zero-order valence-electron chi connectivity index (χ0n) is 9.48. The summed E-state index contributed by atoms with van der Waals surface area (Å²) in [5.41, 5.74) is -1.42. The first-order valence-corrected chi connectivity index (χ1v) is 5.12. The first kappa shape index (κ1) is 16.5. The summed E-state index contributed by atoms with van der Waals surface area (Å²) in [4.78, 5) is 10.9. The molecule has 5 nitrogen and oxygen atoms in total. The molecule has 0 amide bonds. The van der Waals surface area contributed by atoms with Crippen LogP contribution in [0.1, 0.15) is 21.7 Å². The molecular formula is C7H13NaO5S. The molecule has 0 heterocycles. The van der Waals surface area contributed by atoms with Gasteiger partial charge in [-0.25, -0.2) is 4.79 Å². The summed E-state index contributed by atoms with van der Waals surface area (Å²) in [5.74, 6) is -0.829. The van der Waals surface area contributed by atoms with Gasteiger partial charge in [0.15, 0.2) is 0 Å². The van der Waals surface area contributed by atoms with Gasteiger partial charge in [0.1, 0.15) is 0 Å². The molecule has 0 radical (unpaired) electrons. The van der Waals surface area contributed by atoms with Crippen LogP contribution in [0.4, 0.5) is 0 Å². The second-order valence-electron chi connectivity index (χ2n) is 2.54. The van der Waals surface area contributed by atoms with E-state index in [1.54, 1.807) is 0 Å². The van der Waals surface area contributed by atoms with Gasteiger partial charge < -0.3 is 6.16 Å². The van der Waals surface area contributed by atoms with E-state index in [-0.39, 0.29) is 43.0 Å². The fraction of sp³-hybridized carbons (Fsp3) is 0.571. The maximum Gasteiger partial charge on any atom is 1.00 e. The molecule has 0 aromatic carbocycles. The van der Waals surface area contributed by atoms with Gasteiger partial charge >= 0.3 is 45.6 Å². The Morgan fingerprint density at radius 1 is 1.64 bits per heavy atom. The number of carbonyl (C=O) groups is 1. The van der Waals surface area contributed by atoms with Crippen molar-refractivity contribution in [2.24, 2.45) is 0 Å². The van der Waals surface area contributed by atoms with Gasteiger partial charge in [-0.2, -0.15) is 8.42 Å². The summed E-state index contributed by atoms with van der Waals surface area (Å²) in [6, 6.07) is 0. The van der Waals surface area contributed by atoms with Crippen molar-refractivity contribution in [3.63, 3.8) is 0 Å². The van der Waals surface area contributed by atoms with Gasteiger partial charge in [-0.05, 0) is 13.3 Å². The molecule has 1 N–H and O–H groups in total. The number of ether oxygens (including phenoxy) is 1. The molecule has 0 aromatic rings. The second kappa shape index (κ2) is 6.58. The van der Waals surface area contributed by atoms with Crippen LogP contribution in [0.5, 0.6) is 0 Å². The summed E-state index contributed by atoms with van der Waals surface area (Å²) < 4.78 is 34.2. The molecule has 0 saturated carbocycles. The molecule has 14 heavy (non-hydrogen) atoms. The number of hydrogen-bond donors (Lipinski definition) is 1. The topological polar surface area (TPSA) is 80.7 Å². The van der Waals surface area contributed by atoms with Crippen LogP contribution in [-0.2, 0) is 19.6 Å². The number of hydrogen-bond acceptors (Lipinski definition) is 4. The molecule has 0 aliphatic carbocycles. The van der Waals surface area contributed by atoms with Crippen molar-refractivity contribution >= 4 is 16.1 Å². The molecule has 0 spiro atoms. The summed E-state index contributed by atoms with van der Waals surface area (Å²) in [6.45, 7) is 6.14. The van der Waals surface area contributed by atoms with Crippen molar-refractivity contribution in [2.45, 2.75) is 25.7 Å². The Balaban J connectivity index is -0.000000720. The van der Waals surface area contributed by atoms with Crippen molar-refractivity contribution in [3.8, 4) is 0 Å². The molecule has 1 unspecified atom stereocenters. The normalized spacial score (nSPS) is 12.5. The van der Waals surface area contributed by atoms with E-state index in [0.29, 0.717) is 0 Å². The van der Waals surface area contributed by atoms with Gasteiger partial charge in [0.25, 0.3) is 0 Å². The minimum atomic E-state index is -4.33. The van der Waals surface area contributed by atoms with E-state index in [1.165, 1.54) is 13.8 Å². The van der Waals surface area contributed by atoms with E-state index in [0.717, 1.165) is 0 Å². The minimum Gasteiger partial charge on any atom is -1.00 e. The fourth-order valence-electron chi connectivity index (χ4n) is 0.575. The number of esters is 1. The van der Waals surface area contributed by atoms with Crippen LogP contribution >= 0.6 is 0 Å². The van der Waals surface area contributed by atoms with Crippen molar-refractivity contribution in [1.82, 2.24) is 0 Å². The molecular weight excluding hydrogens is 219 g/mol. The van der Waals surface area contributed by atoms with Crippen molar-refractivity contribution in [1.29, 1.82) is 0 Å². The first-order chi connectivity index (χ1) is 5.79. The Morgan fingerprint density at radius 2 is 2.07 bits per heavy atom. The largest absolute Gasteiger partial charge is 1.00 e. The molecule has 0 aliphatic rings. The Kier molecular flexibility index (Phi) is 7.77. The Bertz CT molecular complexity index is 313. The van der Waals surface area contributed by atoms with Crippen LogP contribution in [0.25, 0.3) is 0 Å². The summed E-state index contributed by atoms with van der Waals surface area (Å²) >= 11 is 0. The average molecular weight is 232 g/mol. The summed E-state index contributed by atoms with van der Waals surface area (Å²) in [7, 11) is -4.33. The molecule has 7 heteroatoms. The maximum absolute atomic E-state index is 10.9. The van der Waals surface area contributed by atoms with E-state index < -0.39 is 21.5 Å².